The number of aryl methyl sites for hydroxylation is 2. The smallest absolute Gasteiger partial charge is 0.131 e. The van der Waals surface area contributed by atoms with Gasteiger partial charge in [-0.2, -0.15) is 5.10 Å². The van der Waals surface area contributed by atoms with Crippen LogP contribution in [-0.4, -0.2) is 53.3 Å². The van der Waals surface area contributed by atoms with Gasteiger partial charge >= 0.3 is 0 Å². The maximum absolute atomic E-state index is 6.29. The molecule has 1 aromatic rings. The third-order valence-corrected chi connectivity index (χ3v) is 4.58. The third kappa shape index (κ3) is 3.71. The van der Waals surface area contributed by atoms with Gasteiger partial charge in [0.1, 0.15) is 5.15 Å². The maximum atomic E-state index is 6.29. The molecule has 1 saturated heterocycles. The molecule has 19 heavy (non-hydrogen) atoms. The number of nitrogens with zero attached hydrogens (tertiary/aromatic N) is 4. The van der Waals surface area contributed by atoms with Gasteiger partial charge in [0.05, 0.1) is 5.69 Å². The Balaban J connectivity index is 1.89. The first kappa shape index (κ1) is 14.8. The molecule has 1 aliphatic heterocycles. The van der Waals surface area contributed by atoms with Crippen molar-refractivity contribution >= 4 is 11.6 Å². The zero-order valence-electron chi connectivity index (χ0n) is 12.5. The fourth-order valence-corrected chi connectivity index (χ4v) is 3.11. The molecule has 0 aliphatic carbocycles. The van der Waals surface area contributed by atoms with E-state index in [2.05, 4.69) is 29.0 Å². The number of hydrogen-bond donors (Lipinski definition) is 0. The molecule has 0 unspecified atom stereocenters. The second-order valence-corrected chi connectivity index (χ2v) is 6.28. The van der Waals surface area contributed by atoms with Gasteiger partial charge in [-0.15, -0.1) is 0 Å². The van der Waals surface area contributed by atoms with E-state index in [0.717, 1.165) is 29.9 Å². The Labute approximate surface area is 121 Å². The summed E-state index contributed by atoms with van der Waals surface area (Å²) >= 11 is 6.29. The van der Waals surface area contributed by atoms with Crippen LogP contribution in [0.5, 0.6) is 0 Å². The van der Waals surface area contributed by atoms with Gasteiger partial charge in [0.15, 0.2) is 0 Å². The fourth-order valence-electron chi connectivity index (χ4n) is 2.87. The summed E-state index contributed by atoms with van der Waals surface area (Å²) in [5.41, 5.74) is 2.21. The van der Waals surface area contributed by atoms with Crippen molar-refractivity contribution in [2.45, 2.75) is 26.3 Å². The minimum Gasteiger partial charge on any atom is -0.306 e. The van der Waals surface area contributed by atoms with E-state index in [1.165, 1.54) is 31.5 Å². The maximum Gasteiger partial charge on any atom is 0.131 e. The molecule has 1 fully saturated rings. The van der Waals surface area contributed by atoms with Crippen LogP contribution in [0.3, 0.4) is 0 Å². The molecule has 0 amide bonds. The summed E-state index contributed by atoms with van der Waals surface area (Å²) in [4.78, 5) is 4.80. The van der Waals surface area contributed by atoms with Gasteiger partial charge in [-0.05, 0) is 52.9 Å². The molecule has 1 aliphatic rings. The highest BCUT2D eigenvalue weighted by Gasteiger charge is 2.19. The highest BCUT2D eigenvalue weighted by molar-refractivity contribution is 6.30. The monoisotopic (exact) mass is 284 g/mol. The van der Waals surface area contributed by atoms with Gasteiger partial charge in [0.2, 0.25) is 0 Å². The second kappa shape index (κ2) is 6.25. The highest BCUT2D eigenvalue weighted by atomic mass is 35.5. The molecule has 5 heteroatoms. The van der Waals surface area contributed by atoms with Crippen molar-refractivity contribution in [3.05, 3.63) is 16.4 Å². The molecule has 0 bridgehead atoms. The lowest BCUT2D eigenvalue weighted by Gasteiger charge is -2.31. The first-order valence-electron chi connectivity index (χ1n) is 7.02. The lowest BCUT2D eigenvalue weighted by atomic mass is 9.96. The molecule has 0 N–H and O–H groups in total. The zero-order chi connectivity index (χ0) is 14.0. The van der Waals surface area contributed by atoms with E-state index in [0.29, 0.717) is 0 Å². The molecule has 0 aromatic carbocycles. The van der Waals surface area contributed by atoms with E-state index < -0.39 is 0 Å². The van der Waals surface area contributed by atoms with Gasteiger partial charge in [-0.25, -0.2) is 0 Å². The Morgan fingerprint density at radius 3 is 2.47 bits per heavy atom. The van der Waals surface area contributed by atoms with Crippen LogP contribution in [0.15, 0.2) is 0 Å². The largest absolute Gasteiger partial charge is 0.306 e. The minimum absolute atomic E-state index is 0.771. The van der Waals surface area contributed by atoms with E-state index in [-0.39, 0.29) is 0 Å². The number of hydrogen-bond acceptors (Lipinski definition) is 3. The molecule has 4 nitrogen and oxygen atoms in total. The Kier molecular flexibility index (Phi) is 4.87. The summed E-state index contributed by atoms with van der Waals surface area (Å²) in [7, 11) is 6.29. The molecular weight excluding hydrogens is 260 g/mol. The number of halogens is 1. The van der Waals surface area contributed by atoms with Crippen LogP contribution in [-0.2, 0) is 13.6 Å². The van der Waals surface area contributed by atoms with Crippen LogP contribution < -0.4 is 0 Å². The molecule has 0 spiro atoms. The standard InChI is InChI=1S/C14H25ClN4/c1-11-13(14(15)19(4)16-11)10-18(3)9-12-5-7-17(2)8-6-12/h12H,5-10H2,1-4H3. The highest BCUT2D eigenvalue weighted by Crippen LogP contribution is 2.22. The van der Waals surface area contributed by atoms with Crippen molar-refractivity contribution in [3.63, 3.8) is 0 Å². The van der Waals surface area contributed by atoms with Crippen LogP contribution in [0.4, 0.5) is 0 Å². The Morgan fingerprint density at radius 2 is 1.95 bits per heavy atom. The third-order valence-electron chi connectivity index (χ3n) is 4.11. The van der Waals surface area contributed by atoms with Gasteiger partial charge < -0.3 is 9.80 Å². The molecule has 0 radical (unpaired) electrons. The molecule has 2 heterocycles. The van der Waals surface area contributed by atoms with Gasteiger partial charge in [0.25, 0.3) is 0 Å². The second-order valence-electron chi connectivity index (χ2n) is 5.92. The lowest BCUT2D eigenvalue weighted by Crippen LogP contribution is -2.35. The van der Waals surface area contributed by atoms with Gasteiger partial charge in [-0.1, -0.05) is 11.6 Å². The summed E-state index contributed by atoms with van der Waals surface area (Å²) in [6.07, 6.45) is 2.61. The normalized spacial score (nSPS) is 18.4. The predicted molar refractivity (Wildman–Crippen MR) is 79.5 cm³/mol. The van der Waals surface area contributed by atoms with E-state index in [1.54, 1.807) is 4.68 Å². The Morgan fingerprint density at radius 1 is 1.32 bits per heavy atom. The molecule has 2 rings (SSSR count). The van der Waals surface area contributed by atoms with Crippen molar-refractivity contribution in [1.29, 1.82) is 0 Å². The first-order valence-corrected chi connectivity index (χ1v) is 7.40. The van der Waals surface area contributed by atoms with Gasteiger partial charge in [-0.3, -0.25) is 4.68 Å². The average molecular weight is 285 g/mol. The molecule has 1 aromatic heterocycles. The van der Waals surface area contributed by atoms with Crippen LogP contribution in [0.1, 0.15) is 24.1 Å². The topological polar surface area (TPSA) is 24.3 Å². The Bertz CT molecular complexity index is 421. The molecule has 108 valence electrons. The van der Waals surface area contributed by atoms with Crippen LogP contribution in [0.2, 0.25) is 5.15 Å². The number of rotatable bonds is 4. The number of likely N-dealkylation sites (tertiary alicyclic amines) is 1. The van der Waals surface area contributed by atoms with E-state index in [1.807, 2.05) is 14.0 Å². The van der Waals surface area contributed by atoms with Crippen LogP contribution >= 0.6 is 11.6 Å². The molecular formula is C14H25ClN4. The minimum atomic E-state index is 0.771. The van der Waals surface area contributed by atoms with Crippen molar-refractivity contribution in [2.24, 2.45) is 13.0 Å². The Hall–Kier alpha value is -0.580. The predicted octanol–water partition coefficient (Wildman–Crippen LogP) is 2.16. The lowest BCUT2D eigenvalue weighted by molar-refractivity contribution is 0.173. The molecule has 0 atom stereocenters. The first-order chi connectivity index (χ1) is 8.97. The average Bonchev–Trinajstić information content (AvgIpc) is 2.59. The summed E-state index contributed by atoms with van der Waals surface area (Å²) in [6.45, 7) is 6.53. The summed E-state index contributed by atoms with van der Waals surface area (Å²) in [5.74, 6) is 0.817. The van der Waals surface area contributed by atoms with E-state index >= 15 is 0 Å². The SMILES string of the molecule is Cc1nn(C)c(Cl)c1CN(C)CC1CCN(C)CC1. The summed E-state index contributed by atoms with van der Waals surface area (Å²) < 4.78 is 1.76. The van der Waals surface area contributed by atoms with Crippen LogP contribution in [0, 0.1) is 12.8 Å². The summed E-state index contributed by atoms with van der Waals surface area (Å²) in [6, 6.07) is 0. The van der Waals surface area contributed by atoms with Gasteiger partial charge in [0, 0.05) is 25.7 Å². The fraction of sp³-hybridized carbons (Fsp3) is 0.786. The van der Waals surface area contributed by atoms with Crippen molar-refractivity contribution in [2.75, 3.05) is 33.7 Å². The zero-order valence-corrected chi connectivity index (χ0v) is 13.2. The van der Waals surface area contributed by atoms with Crippen molar-refractivity contribution in [3.8, 4) is 0 Å². The van der Waals surface area contributed by atoms with Crippen LogP contribution in [0.25, 0.3) is 0 Å². The number of aromatic nitrogens is 2. The van der Waals surface area contributed by atoms with E-state index in [9.17, 15) is 0 Å². The quantitative estimate of drug-likeness (QED) is 0.847. The van der Waals surface area contributed by atoms with Crippen molar-refractivity contribution < 1.29 is 0 Å². The van der Waals surface area contributed by atoms with Crippen molar-refractivity contribution in [1.82, 2.24) is 19.6 Å². The summed E-state index contributed by atoms with van der Waals surface area (Å²) in [5, 5.41) is 5.14. The van der Waals surface area contributed by atoms with E-state index in [4.69, 9.17) is 11.6 Å². The number of piperidine rings is 1. The molecule has 0 saturated carbocycles.